The molecule has 0 spiro atoms. The van der Waals surface area contributed by atoms with E-state index in [4.69, 9.17) is 16.1 Å². The maximum atomic E-state index is 6.11. The van der Waals surface area contributed by atoms with Gasteiger partial charge in [0.15, 0.2) is 5.82 Å². The van der Waals surface area contributed by atoms with E-state index in [2.05, 4.69) is 22.4 Å². The highest BCUT2D eigenvalue weighted by Gasteiger charge is 2.11. The molecule has 0 aliphatic heterocycles. The molecule has 0 bridgehead atoms. The molecule has 21 heavy (non-hydrogen) atoms. The fourth-order valence-corrected chi connectivity index (χ4v) is 2.14. The second-order valence-corrected chi connectivity index (χ2v) is 5.12. The molecule has 0 saturated carbocycles. The van der Waals surface area contributed by atoms with Crippen LogP contribution in [0.1, 0.15) is 11.4 Å². The Balaban J connectivity index is 1.71. The summed E-state index contributed by atoms with van der Waals surface area (Å²) in [5.41, 5.74) is 2.99. The zero-order valence-electron chi connectivity index (χ0n) is 11.5. The smallest absolute Gasteiger partial charge is 0.259 e. The van der Waals surface area contributed by atoms with Gasteiger partial charge in [-0.2, -0.15) is 4.98 Å². The largest absolute Gasteiger partial charge is 0.378 e. The van der Waals surface area contributed by atoms with Crippen molar-refractivity contribution in [3.63, 3.8) is 0 Å². The van der Waals surface area contributed by atoms with E-state index < -0.39 is 0 Å². The fourth-order valence-electron chi connectivity index (χ4n) is 1.92. The van der Waals surface area contributed by atoms with E-state index in [9.17, 15) is 0 Å². The highest BCUT2D eigenvalue weighted by atomic mass is 35.5. The van der Waals surface area contributed by atoms with Crippen molar-refractivity contribution >= 4 is 17.3 Å². The van der Waals surface area contributed by atoms with E-state index in [1.54, 1.807) is 6.07 Å². The fraction of sp³-hybridized carbons (Fsp3) is 0.125. The lowest BCUT2D eigenvalue weighted by molar-refractivity contribution is 0.423. The van der Waals surface area contributed by atoms with Crippen LogP contribution in [0.3, 0.4) is 0 Å². The number of rotatable bonds is 4. The van der Waals surface area contributed by atoms with Crippen molar-refractivity contribution < 1.29 is 4.52 Å². The second-order valence-electron chi connectivity index (χ2n) is 4.72. The van der Waals surface area contributed by atoms with Gasteiger partial charge in [0.05, 0.1) is 17.1 Å². The Morgan fingerprint density at radius 3 is 2.62 bits per heavy atom. The van der Waals surface area contributed by atoms with Gasteiger partial charge >= 0.3 is 0 Å². The summed E-state index contributed by atoms with van der Waals surface area (Å²) in [6.45, 7) is 2.55. The van der Waals surface area contributed by atoms with Gasteiger partial charge in [-0.1, -0.05) is 46.6 Å². The lowest BCUT2D eigenvalue weighted by Gasteiger charge is -2.03. The molecule has 0 aliphatic carbocycles. The van der Waals surface area contributed by atoms with Crippen molar-refractivity contribution in [2.75, 3.05) is 5.32 Å². The summed E-state index contributed by atoms with van der Waals surface area (Å²) in [4.78, 5) is 4.35. The van der Waals surface area contributed by atoms with Crippen molar-refractivity contribution in [2.24, 2.45) is 0 Å². The summed E-state index contributed by atoms with van der Waals surface area (Å²) in [7, 11) is 0. The predicted molar refractivity (Wildman–Crippen MR) is 83.2 cm³/mol. The van der Waals surface area contributed by atoms with Crippen molar-refractivity contribution in [1.82, 2.24) is 10.1 Å². The monoisotopic (exact) mass is 299 g/mol. The van der Waals surface area contributed by atoms with Gasteiger partial charge < -0.3 is 9.84 Å². The minimum atomic E-state index is 0.432. The Labute approximate surface area is 127 Å². The number of nitrogens with one attached hydrogen (secondary N) is 1. The molecule has 0 amide bonds. The van der Waals surface area contributed by atoms with Crippen LogP contribution in [0.25, 0.3) is 11.5 Å². The topological polar surface area (TPSA) is 51.0 Å². The van der Waals surface area contributed by atoms with Gasteiger partial charge in [0, 0.05) is 5.69 Å². The first-order valence-electron chi connectivity index (χ1n) is 6.60. The van der Waals surface area contributed by atoms with Crippen LogP contribution in [-0.2, 0) is 6.54 Å². The molecule has 4 nitrogen and oxygen atoms in total. The Hall–Kier alpha value is -2.33. The van der Waals surface area contributed by atoms with Crippen molar-refractivity contribution in [1.29, 1.82) is 0 Å². The van der Waals surface area contributed by atoms with Crippen LogP contribution in [0.15, 0.2) is 53.1 Å². The highest BCUT2D eigenvalue weighted by molar-refractivity contribution is 6.33. The lowest BCUT2D eigenvalue weighted by Crippen LogP contribution is -2.01. The summed E-state index contributed by atoms with van der Waals surface area (Å²) in [5, 5.41) is 7.81. The Bertz CT molecular complexity index is 737. The van der Waals surface area contributed by atoms with Gasteiger partial charge in [0.1, 0.15) is 0 Å². The molecule has 3 rings (SSSR count). The van der Waals surface area contributed by atoms with E-state index in [1.165, 1.54) is 5.56 Å². The van der Waals surface area contributed by atoms with Gasteiger partial charge in [-0.15, -0.1) is 0 Å². The SMILES string of the molecule is Cc1ccc(NCc2noc(-c3ccccc3Cl)n2)cc1. The third-order valence-corrected chi connectivity index (χ3v) is 3.40. The maximum Gasteiger partial charge on any atom is 0.259 e. The van der Waals surface area contributed by atoms with Crippen molar-refractivity contribution in [3.8, 4) is 11.5 Å². The Morgan fingerprint density at radius 2 is 1.86 bits per heavy atom. The number of halogens is 1. The van der Waals surface area contributed by atoms with Crippen molar-refractivity contribution in [2.45, 2.75) is 13.5 Å². The molecule has 0 unspecified atom stereocenters. The van der Waals surface area contributed by atoms with Gasteiger partial charge in [0.25, 0.3) is 5.89 Å². The molecule has 0 aliphatic rings. The van der Waals surface area contributed by atoms with Crippen molar-refractivity contribution in [3.05, 3.63) is 64.9 Å². The molecule has 1 N–H and O–H groups in total. The van der Waals surface area contributed by atoms with Crippen LogP contribution in [0.4, 0.5) is 5.69 Å². The molecule has 1 aromatic heterocycles. The molecule has 5 heteroatoms. The zero-order valence-corrected chi connectivity index (χ0v) is 12.3. The second kappa shape index (κ2) is 5.97. The summed E-state index contributed by atoms with van der Waals surface area (Å²) < 4.78 is 5.25. The number of benzene rings is 2. The molecular weight excluding hydrogens is 286 g/mol. The van der Waals surface area contributed by atoms with E-state index in [1.807, 2.05) is 42.5 Å². The maximum absolute atomic E-state index is 6.11. The molecule has 0 saturated heterocycles. The molecule has 0 atom stereocenters. The van der Waals surface area contributed by atoms with Crippen LogP contribution < -0.4 is 5.32 Å². The predicted octanol–water partition coefficient (Wildman–Crippen LogP) is 4.31. The average molecular weight is 300 g/mol. The highest BCUT2D eigenvalue weighted by Crippen LogP contribution is 2.25. The summed E-state index contributed by atoms with van der Waals surface area (Å²) in [5.74, 6) is 1.02. The minimum absolute atomic E-state index is 0.432. The number of aromatic nitrogens is 2. The molecule has 0 fully saturated rings. The summed E-state index contributed by atoms with van der Waals surface area (Å²) >= 11 is 6.11. The summed E-state index contributed by atoms with van der Waals surface area (Å²) in [6, 6.07) is 15.5. The Kier molecular flexibility index (Phi) is 3.88. The Morgan fingerprint density at radius 1 is 1.10 bits per heavy atom. The third kappa shape index (κ3) is 3.23. The molecular formula is C16H14ClN3O. The van der Waals surface area contributed by atoms with Gasteiger partial charge in [-0.25, -0.2) is 0 Å². The van der Waals surface area contributed by atoms with E-state index >= 15 is 0 Å². The van der Waals surface area contributed by atoms with Crippen LogP contribution >= 0.6 is 11.6 Å². The first-order valence-corrected chi connectivity index (χ1v) is 6.98. The van der Waals surface area contributed by atoms with E-state index in [0.29, 0.717) is 23.3 Å². The van der Waals surface area contributed by atoms with Gasteiger partial charge in [-0.3, -0.25) is 0 Å². The standard InChI is InChI=1S/C16H14ClN3O/c1-11-6-8-12(9-7-11)18-10-15-19-16(21-20-15)13-4-2-3-5-14(13)17/h2-9,18H,10H2,1H3. The van der Waals surface area contributed by atoms with Crippen LogP contribution in [-0.4, -0.2) is 10.1 Å². The minimum Gasteiger partial charge on any atom is -0.378 e. The molecule has 1 heterocycles. The molecule has 3 aromatic rings. The normalized spacial score (nSPS) is 10.6. The van der Waals surface area contributed by atoms with Gasteiger partial charge in [-0.05, 0) is 31.2 Å². The van der Waals surface area contributed by atoms with E-state index in [-0.39, 0.29) is 0 Å². The summed E-state index contributed by atoms with van der Waals surface area (Å²) in [6.07, 6.45) is 0. The number of hydrogen-bond acceptors (Lipinski definition) is 4. The number of anilines is 1. The van der Waals surface area contributed by atoms with Crippen LogP contribution in [0, 0.1) is 6.92 Å². The molecule has 106 valence electrons. The van der Waals surface area contributed by atoms with Crippen LogP contribution in [0.2, 0.25) is 5.02 Å². The third-order valence-electron chi connectivity index (χ3n) is 3.07. The van der Waals surface area contributed by atoms with Crippen LogP contribution in [0.5, 0.6) is 0 Å². The molecule has 0 radical (unpaired) electrons. The average Bonchev–Trinajstić information content (AvgIpc) is 2.96. The first kappa shape index (κ1) is 13.6. The lowest BCUT2D eigenvalue weighted by atomic mass is 10.2. The zero-order chi connectivity index (χ0) is 14.7. The number of aryl methyl sites for hydroxylation is 1. The number of hydrogen-bond donors (Lipinski definition) is 1. The number of nitrogens with zero attached hydrogens (tertiary/aromatic N) is 2. The first-order chi connectivity index (χ1) is 10.2. The van der Waals surface area contributed by atoms with Gasteiger partial charge in [0.2, 0.25) is 0 Å². The molecule has 2 aromatic carbocycles. The van der Waals surface area contributed by atoms with E-state index in [0.717, 1.165) is 11.3 Å². The quantitative estimate of drug-likeness (QED) is 0.780.